The Morgan fingerprint density at radius 1 is 0.944 bits per heavy atom. The van der Waals surface area contributed by atoms with E-state index in [0.717, 1.165) is 24.3 Å². The number of carbonyl (C=O) groups excluding carboxylic acids is 1. The highest BCUT2D eigenvalue weighted by Gasteiger charge is 2.16. The Morgan fingerprint density at radius 3 is 2.33 bits per heavy atom. The Balaban J connectivity index is 2.47. The molecule has 2 aromatic rings. The molecule has 0 aliphatic heterocycles. The standard InChI is InChI=1S/C13H6ClF3O/c14-10-3-1-7(5-12(10)17)13(18)9-6-8(15)2-4-11(9)16/h1-6H. The normalized spacial score (nSPS) is 10.4. The molecule has 0 saturated carbocycles. The molecular weight excluding hydrogens is 265 g/mol. The SMILES string of the molecule is O=C(c1ccc(Cl)c(F)c1)c1cc(F)ccc1F. The fourth-order valence-electron chi connectivity index (χ4n) is 1.46. The summed E-state index contributed by atoms with van der Waals surface area (Å²) in [6.45, 7) is 0. The molecule has 0 atom stereocenters. The summed E-state index contributed by atoms with van der Waals surface area (Å²) >= 11 is 5.47. The molecule has 0 unspecified atom stereocenters. The van der Waals surface area contributed by atoms with E-state index >= 15 is 0 Å². The summed E-state index contributed by atoms with van der Waals surface area (Å²) in [5.41, 5.74) is -0.543. The van der Waals surface area contributed by atoms with Gasteiger partial charge in [0.2, 0.25) is 0 Å². The largest absolute Gasteiger partial charge is 0.288 e. The quantitative estimate of drug-likeness (QED) is 0.754. The molecule has 0 aliphatic carbocycles. The van der Waals surface area contributed by atoms with Crippen LogP contribution in [0.25, 0.3) is 0 Å². The molecule has 0 spiro atoms. The van der Waals surface area contributed by atoms with Gasteiger partial charge in [0.25, 0.3) is 0 Å². The van der Waals surface area contributed by atoms with Gasteiger partial charge >= 0.3 is 0 Å². The first-order valence-corrected chi connectivity index (χ1v) is 5.31. The van der Waals surface area contributed by atoms with Gasteiger partial charge in [-0.3, -0.25) is 4.79 Å². The van der Waals surface area contributed by atoms with Crippen LogP contribution in [-0.4, -0.2) is 5.78 Å². The van der Waals surface area contributed by atoms with E-state index < -0.39 is 28.8 Å². The van der Waals surface area contributed by atoms with E-state index in [-0.39, 0.29) is 10.6 Å². The van der Waals surface area contributed by atoms with E-state index in [1.54, 1.807) is 0 Å². The lowest BCUT2D eigenvalue weighted by Gasteiger charge is -2.04. The smallest absolute Gasteiger partial charge is 0.196 e. The third-order valence-corrected chi connectivity index (χ3v) is 2.66. The lowest BCUT2D eigenvalue weighted by Crippen LogP contribution is -2.05. The van der Waals surface area contributed by atoms with Gasteiger partial charge < -0.3 is 0 Å². The van der Waals surface area contributed by atoms with Crippen molar-refractivity contribution >= 4 is 17.4 Å². The zero-order valence-electron chi connectivity index (χ0n) is 8.88. The minimum absolute atomic E-state index is 0.0959. The van der Waals surface area contributed by atoms with Crippen LogP contribution in [0.5, 0.6) is 0 Å². The van der Waals surface area contributed by atoms with Crippen LogP contribution in [0.3, 0.4) is 0 Å². The first-order valence-electron chi connectivity index (χ1n) is 4.94. The predicted octanol–water partition coefficient (Wildman–Crippen LogP) is 3.99. The monoisotopic (exact) mass is 270 g/mol. The van der Waals surface area contributed by atoms with E-state index in [0.29, 0.717) is 0 Å². The Kier molecular flexibility index (Phi) is 3.39. The molecule has 0 saturated heterocycles. The van der Waals surface area contributed by atoms with Crippen LogP contribution in [0.1, 0.15) is 15.9 Å². The second-order valence-electron chi connectivity index (χ2n) is 3.58. The zero-order valence-corrected chi connectivity index (χ0v) is 9.64. The van der Waals surface area contributed by atoms with Crippen LogP contribution in [0, 0.1) is 17.5 Å². The lowest BCUT2D eigenvalue weighted by molar-refractivity contribution is 0.103. The highest BCUT2D eigenvalue weighted by molar-refractivity contribution is 6.30. The number of benzene rings is 2. The Hall–Kier alpha value is -1.81. The minimum atomic E-state index is -0.864. The van der Waals surface area contributed by atoms with Gasteiger partial charge in [-0.1, -0.05) is 11.6 Å². The van der Waals surface area contributed by atoms with Gasteiger partial charge in [-0.15, -0.1) is 0 Å². The van der Waals surface area contributed by atoms with Crippen LogP contribution < -0.4 is 0 Å². The molecule has 1 nitrogen and oxygen atoms in total. The molecule has 5 heteroatoms. The van der Waals surface area contributed by atoms with Gasteiger partial charge in [0.1, 0.15) is 17.5 Å². The summed E-state index contributed by atoms with van der Waals surface area (Å²) in [6.07, 6.45) is 0. The van der Waals surface area contributed by atoms with Gasteiger partial charge in [-0.25, -0.2) is 13.2 Å². The molecule has 0 aliphatic rings. The Morgan fingerprint density at radius 2 is 1.67 bits per heavy atom. The average Bonchev–Trinajstić information content (AvgIpc) is 2.35. The molecule has 2 aromatic carbocycles. The van der Waals surface area contributed by atoms with Crippen molar-refractivity contribution in [1.29, 1.82) is 0 Å². The van der Waals surface area contributed by atoms with Crippen LogP contribution in [0.15, 0.2) is 36.4 Å². The second kappa shape index (κ2) is 4.82. The molecule has 0 radical (unpaired) electrons. The van der Waals surface area contributed by atoms with Gasteiger partial charge in [0.15, 0.2) is 5.78 Å². The number of carbonyl (C=O) groups is 1. The van der Waals surface area contributed by atoms with Crippen molar-refractivity contribution in [2.75, 3.05) is 0 Å². The van der Waals surface area contributed by atoms with Crippen molar-refractivity contribution < 1.29 is 18.0 Å². The van der Waals surface area contributed by atoms with Gasteiger partial charge in [-0.2, -0.15) is 0 Å². The van der Waals surface area contributed by atoms with E-state index in [4.69, 9.17) is 11.6 Å². The molecule has 0 heterocycles. The van der Waals surface area contributed by atoms with Crippen LogP contribution in [0.4, 0.5) is 13.2 Å². The maximum atomic E-state index is 13.4. The maximum absolute atomic E-state index is 13.4. The second-order valence-corrected chi connectivity index (χ2v) is 3.99. The van der Waals surface area contributed by atoms with Crippen molar-refractivity contribution in [3.63, 3.8) is 0 Å². The molecule has 2 rings (SSSR count). The molecule has 18 heavy (non-hydrogen) atoms. The summed E-state index contributed by atoms with van der Waals surface area (Å²) in [5, 5.41) is -0.147. The summed E-state index contributed by atoms with van der Waals surface area (Å²) < 4.78 is 39.5. The van der Waals surface area contributed by atoms with Crippen molar-refractivity contribution in [2.24, 2.45) is 0 Å². The van der Waals surface area contributed by atoms with Crippen LogP contribution >= 0.6 is 11.6 Å². The first-order chi connectivity index (χ1) is 8.49. The van der Waals surface area contributed by atoms with Crippen molar-refractivity contribution in [2.45, 2.75) is 0 Å². The molecule has 0 aromatic heterocycles. The molecule has 0 fully saturated rings. The Labute approximate surface area is 106 Å². The fourth-order valence-corrected chi connectivity index (χ4v) is 1.58. The summed E-state index contributed by atoms with van der Waals surface area (Å²) in [5.74, 6) is -3.20. The number of hydrogen-bond acceptors (Lipinski definition) is 1. The highest BCUT2D eigenvalue weighted by atomic mass is 35.5. The van der Waals surface area contributed by atoms with Crippen molar-refractivity contribution in [1.82, 2.24) is 0 Å². The zero-order chi connectivity index (χ0) is 13.3. The average molecular weight is 271 g/mol. The third-order valence-electron chi connectivity index (χ3n) is 2.35. The van der Waals surface area contributed by atoms with Crippen molar-refractivity contribution in [3.05, 3.63) is 70.0 Å². The third kappa shape index (κ3) is 2.38. The van der Waals surface area contributed by atoms with E-state index in [1.165, 1.54) is 12.1 Å². The number of rotatable bonds is 2. The van der Waals surface area contributed by atoms with Gasteiger partial charge in [0, 0.05) is 5.56 Å². The van der Waals surface area contributed by atoms with E-state index in [1.807, 2.05) is 0 Å². The number of ketones is 1. The van der Waals surface area contributed by atoms with Gasteiger partial charge in [0.05, 0.1) is 10.6 Å². The summed E-state index contributed by atoms with van der Waals surface area (Å²) in [4.78, 5) is 11.9. The highest BCUT2D eigenvalue weighted by Crippen LogP contribution is 2.19. The van der Waals surface area contributed by atoms with Gasteiger partial charge in [-0.05, 0) is 36.4 Å². The van der Waals surface area contributed by atoms with Crippen LogP contribution in [0.2, 0.25) is 5.02 Å². The maximum Gasteiger partial charge on any atom is 0.196 e. The van der Waals surface area contributed by atoms with E-state index in [2.05, 4.69) is 0 Å². The molecule has 0 N–H and O–H groups in total. The number of hydrogen-bond donors (Lipinski definition) is 0. The van der Waals surface area contributed by atoms with Crippen LogP contribution in [-0.2, 0) is 0 Å². The lowest BCUT2D eigenvalue weighted by atomic mass is 10.0. The molecular formula is C13H6ClF3O. The summed E-state index contributed by atoms with van der Waals surface area (Å²) in [6, 6.07) is 5.82. The number of halogens is 4. The summed E-state index contributed by atoms with van der Waals surface area (Å²) in [7, 11) is 0. The topological polar surface area (TPSA) is 17.1 Å². The molecule has 0 bridgehead atoms. The minimum Gasteiger partial charge on any atom is -0.288 e. The molecule has 0 amide bonds. The fraction of sp³-hybridized carbons (Fsp3) is 0. The van der Waals surface area contributed by atoms with E-state index in [9.17, 15) is 18.0 Å². The molecule has 92 valence electrons. The van der Waals surface area contributed by atoms with Crippen molar-refractivity contribution in [3.8, 4) is 0 Å². The Bertz CT molecular complexity index is 626. The first kappa shape index (κ1) is 12.6. The predicted molar refractivity (Wildman–Crippen MR) is 61.2 cm³/mol.